The lowest BCUT2D eigenvalue weighted by molar-refractivity contribution is 0.673. The fourth-order valence-electron chi connectivity index (χ4n) is 5.89. The summed E-state index contributed by atoms with van der Waals surface area (Å²) < 4.78 is 8.78. The summed E-state index contributed by atoms with van der Waals surface area (Å²) >= 11 is 0. The molecule has 0 bridgehead atoms. The predicted molar refractivity (Wildman–Crippen MR) is 161 cm³/mol. The topological polar surface area (TPSA) is 54.8 Å². The molecule has 0 unspecified atom stereocenters. The van der Waals surface area contributed by atoms with Gasteiger partial charge in [-0.2, -0.15) is 5.26 Å². The van der Waals surface area contributed by atoms with Gasteiger partial charge in [-0.3, -0.25) is 0 Å². The number of aromatic nitrogens is 2. The maximum Gasteiger partial charge on any atom is 0.145 e. The molecule has 0 spiro atoms. The van der Waals surface area contributed by atoms with Gasteiger partial charge in [-0.1, -0.05) is 66.7 Å². The minimum atomic E-state index is 0.412. The van der Waals surface area contributed by atoms with Crippen LogP contribution in [0.3, 0.4) is 0 Å². The van der Waals surface area contributed by atoms with E-state index in [1.807, 2.05) is 24.3 Å². The molecule has 0 saturated heterocycles. The van der Waals surface area contributed by atoms with Crippen LogP contribution in [0.2, 0.25) is 0 Å². The number of nitrogens with zero attached hydrogens (tertiary/aromatic N) is 3. The number of hydrogen-bond donors (Lipinski definition) is 0. The molecule has 8 rings (SSSR count). The van der Waals surface area contributed by atoms with Crippen molar-refractivity contribution in [1.29, 1.82) is 5.26 Å². The van der Waals surface area contributed by atoms with E-state index < -0.39 is 0 Å². The third-order valence-electron chi connectivity index (χ3n) is 7.69. The van der Waals surface area contributed by atoms with Crippen LogP contribution >= 0.6 is 0 Å². The molecule has 0 N–H and O–H groups in total. The Kier molecular flexibility index (Phi) is 4.85. The lowest BCUT2D eigenvalue weighted by Crippen LogP contribution is -1.94. The molecule has 3 aromatic heterocycles. The monoisotopic (exact) mass is 511 g/mol. The maximum absolute atomic E-state index is 9.29. The molecule has 4 nitrogen and oxygen atoms in total. The van der Waals surface area contributed by atoms with Gasteiger partial charge in [-0.25, -0.2) is 4.98 Å². The summed E-state index contributed by atoms with van der Waals surface area (Å²) in [5.74, 6) is 0. The molecule has 0 atom stereocenters. The number of hydrogen-bond acceptors (Lipinski definition) is 3. The molecule has 0 aliphatic carbocycles. The van der Waals surface area contributed by atoms with Gasteiger partial charge >= 0.3 is 0 Å². The van der Waals surface area contributed by atoms with E-state index in [-0.39, 0.29) is 0 Å². The van der Waals surface area contributed by atoms with E-state index >= 15 is 0 Å². The van der Waals surface area contributed by atoms with Crippen LogP contribution in [0.5, 0.6) is 0 Å². The van der Waals surface area contributed by atoms with E-state index in [0.29, 0.717) is 5.69 Å². The van der Waals surface area contributed by atoms with Gasteiger partial charge in [0.2, 0.25) is 0 Å². The van der Waals surface area contributed by atoms with Crippen molar-refractivity contribution >= 4 is 43.7 Å². The molecule has 0 saturated carbocycles. The Balaban J connectivity index is 1.33. The van der Waals surface area contributed by atoms with E-state index in [9.17, 15) is 5.26 Å². The van der Waals surface area contributed by atoms with Crippen LogP contribution in [-0.2, 0) is 0 Å². The number of furan rings is 1. The summed E-state index contributed by atoms with van der Waals surface area (Å²) in [5, 5.41) is 13.8. The normalized spacial score (nSPS) is 11.5. The van der Waals surface area contributed by atoms with Crippen molar-refractivity contribution in [1.82, 2.24) is 9.55 Å². The summed E-state index contributed by atoms with van der Waals surface area (Å²) in [6.07, 6.45) is 1.68. The Morgan fingerprint density at radius 2 is 1.32 bits per heavy atom. The van der Waals surface area contributed by atoms with Crippen LogP contribution < -0.4 is 0 Å². The number of rotatable bonds is 3. The molecule has 0 aliphatic heterocycles. The quantitative estimate of drug-likeness (QED) is 0.237. The van der Waals surface area contributed by atoms with Gasteiger partial charge in [0.25, 0.3) is 0 Å². The zero-order valence-electron chi connectivity index (χ0n) is 21.4. The smallest absolute Gasteiger partial charge is 0.145 e. The van der Waals surface area contributed by atoms with Crippen molar-refractivity contribution in [3.05, 3.63) is 133 Å². The molecule has 8 aromatic rings. The number of para-hydroxylation sites is 2. The summed E-state index contributed by atoms with van der Waals surface area (Å²) in [6, 6.07) is 44.1. The summed E-state index contributed by atoms with van der Waals surface area (Å²) in [7, 11) is 0. The molecule has 40 heavy (non-hydrogen) atoms. The van der Waals surface area contributed by atoms with Crippen molar-refractivity contribution in [2.75, 3.05) is 0 Å². The van der Waals surface area contributed by atoms with Crippen molar-refractivity contribution in [2.24, 2.45) is 0 Å². The van der Waals surface area contributed by atoms with Crippen LogP contribution in [0.15, 0.2) is 132 Å². The average molecular weight is 512 g/mol. The lowest BCUT2D eigenvalue weighted by atomic mass is 9.99. The van der Waals surface area contributed by atoms with E-state index in [1.165, 1.54) is 5.39 Å². The Bertz CT molecular complexity index is 2300. The second kappa shape index (κ2) is 8.69. The largest absolute Gasteiger partial charge is 0.455 e. The first-order chi connectivity index (χ1) is 19.8. The second-order valence-electron chi connectivity index (χ2n) is 9.96. The predicted octanol–water partition coefficient (Wildman–Crippen LogP) is 9.28. The first kappa shape index (κ1) is 22.3. The molecule has 0 fully saturated rings. The number of fused-ring (bicyclic) bond motifs is 7. The van der Waals surface area contributed by atoms with E-state index in [1.54, 1.807) is 6.20 Å². The molecule has 3 heterocycles. The van der Waals surface area contributed by atoms with Gasteiger partial charge in [-0.05, 0) is 76.9 Å². The van der Waals surface area contributed by atoms with Gasteiger partial charge in [0.1, 0.15) is 22.9 Å². The summed E-state index contributed by atoms with van der Waals surface area (Å²) in [5.41, 5.74) is 9.81. The average Bonchev–Trinajstić information content (AvgIpc) is 3.57. The van der Waals surface area contributed by atoms with E-state index in [4.69, 9.17) is 4.42 Å². The molecule has 5 aromatic carbocycles. The Morgan fingerprint density at radius 1 is 0.600 bits per heavy atom. The third kappa shape index (κ3) is 3.35. The SMILES string of the molecule is N#Cc1cc(-c2cccc(-c3cccc(-n4c5ccccc5c5c6oc7ccccc7c6ccc54)c3)c2)ccn1. The van der Waals surface area contributed by atoms with Gasteiger partial charge in [0.15, 0.2) is 0 Å². The van der Waals surface area contributed by atoms with Crippen LogP contribution in [0.1, 0.15) is 5.69 Å². The fraction of sp³-hybridized carbons (Fsp3) is 0. The lowest BCUT2D eigenvalue weighted by Gasteiger charge is -2.11. The highest BCUT2D eigenvalue weighted by atomic mass is 16.3. The van der Waals surface area contributed by atoms with Crippen LogP contribution in [-0.4, -0.2) is 9.55 Å². The first-order valence-electron chi connectivity index (χ1n) is 13.2. The third-order valence-corrected chi connectivity index (χ3v) is 7.69. The molecule has 0 amide bonds. The minimum Gasteiger partial charge on any atom is -0.455 e. The van der Waals surface area contributed by atoms with Crippen molar-refractivity contribution in [3.63, 3.8) is 0 Å². The Morgan fingerprint density at radius 3 is 2.17 bits per heavy atom. The molecule has 0 aliphatic rings. The molecule has 4 heteroatoms. The Hall–Kier alpha value is -5.66. The number of nitriles is 1. The second-order valence-corrected chi connectivity index (χ2v) is 9.96. The molecule has 186 valence electrons. The van der Waals surface area contributed by atoms with Gasteiger partial charge in [-0.15, -0.1) is 0 Å². The van der Waals surface area contributed by atoms with Crippen molar-refractivity contribution < 1.29 is 4.42 Å². The van der Waals surface area contributed by atoms with Crippen molar-refractivity contribution in [3.8, 4) is 34.0 Å². The number of pyridine rings is 1. The van der Waals surface area contributed by atoms with Crippen LogP contribution in [0.25, 0.3) is 71.7 Å². The highest BCUT2D eigenvalue weighted by Crippen LogP contribution is 2.40. The van der Waals surface area contributed by atoms with Crippen LogP contribution in [0.4, 0.5) is 0 Å². The standard InChI is InChI=1S/C36H21N3O/c37-22-27-20-26(17-18-38-27)24-8-5-7-23(19-24)25-9-6-10-28(21-25)39-32-13-3-1-12-31(32)35-33(39)16-15-30-29-11-2-4-14-34(29)40-36(30)35/h1-21H. The molecule has 0 radical (unpaired) electrons. The van der Waals surface area contributed by atoms with Crippen molar-refractivity contribution in [2.45, 2.75) is 0 Å². The summed E-state index contributed by atoms with van der Waals surface area (Å²) in [4.78, 5) is 4.11. The van der Waals surface area contributed by atoms with E-state index in [2.05, 4.69) is 113 Å². The van der Waals surface area contributed by atoms with E-state index in [0.717, 1.165) is 66.3 Å². The fourth-order valence-corrected chi connectivity index (χ4v) is 5.89. The van der Waals surface area contributed by atoms with Gasteiger partial charge < -0.3 is 8.98 Å². The molecular formula is C36H21N3O. The van der Waals surface area contributed by atoms with Gasteiger partial charge in [0.05, 0.1) is 16.4 Å². The first-order valence-corrected chi connectivity index (χ1v) is 13.2. The van der Waals surface area contributed by atoms with Gasteiger partial charge in [0, 0.05) is 28.0 Å². The van der Waals surface area contributed by atoms with Crippen LogP contribution in [0, 0.1) is 11.3 Å². The highest BCUT2D eigenvalue weighted by Gasteiger charge is 2.18. The maximum atomic E-state index is 9.29. The summed E-state index contributed by atoms with van der Waals surface area (Å²) in [6.45, 7) is 0. The zero-order valence-corrected chi connectivity index (χ0v) is 21.4. The zero-order chi connectivity index (χ0) is 26.6. The minimum absolute atomic E-state index is 0.412. The number of benzene rings is 5. The Labute approximate surface area is 230 Å². The molecular weight excluding hydrogens is 490 g/mol. The highest BCUT2D eigenvalue weighted by molar-refractivity contribution is 6.23.